The molecular formula is C16H19N3O4. The van der Waals surface area contributed by atoms with E-state index in [-0.39, 0.29) is 12.5 Å². The molecule has 1 aromatic carbocycles. The second kappa shape index (κ2) is 5.91. The van der Waals surface area contributed by atoms with E-state index >= 15 is 0 Å². The Hall–Kier alpha value is -2.57. The first-order valence-electron chi connectivity index (χ1n) is 7.65. The SMILES string of the molecule is NC(=O)[C@@H]1CCCN1C(=O)[C@H]1Cc2ccccc2CN1C(=O)O. The summed E-state index contributed by atoms with van der Waals surface area (Å²) in [5.74, 6) is -0.864. The Morgan fingerprint density at radius 2 is 1.78 bits per heavy atom. The number of fused-ring (bicyclic) bond motifs is 1. The number of primary amides is 1. The highest BCUT2D eigenvalue weighted by Crippen LogP contribution is 2.27. The molecule has 3 amide bonds. The topological polar surface area (TPSA) is 104 Å². The number of nitrogens with two attached hydrogens (primary N) is 1. The van der Waals surface area contributed by atoms with Gasteiger partial charge in [-0.1, -0.05) is 24.3 Å². The zero-order valence-corrected chi connectivity index (χ0v) is 12.6. The fraction of sp³-hybridized carbons (Fsp3) is 0.438. The van der Waals surface area contributed by atoms with Gasteiger partial charge in [0.05, 0.1) is 6.54 Å². The molecule has 1 aromatic rings. The fourth-order valence-corrected chi connectivity index (χ4v) is 3.46. The maximum Gasteiger partial charge on any atom is 0.408 e. The minimum atomic E-state index is -1.13. The number of hydrogen-bond acceptors (Lipinski definition) is 3. The number of carboxylic acid groups (broad SMARTS) is 1. The summed E-state index contributed by atoms with van der Waals surface area (Å²) in [5, 5.41) is 9.46. The molecule has 7 heteroatoms. The van der Waals surface area contributed by atoms with Gasteiger partial charge in [0.15, 0.2) is 0 Å². The summed E-state index contributed by atoms with van der Waals surface area (Å²) in [6.45, 7) is 0.620. The zero-order chi connectivity index (χ0) is 16.6. The summed E-state index contributed by atoms with van der Waals surface area (Å²) < 4.78 is 0. The van der Waals surface area contributed by atoms with E-state index in [2.05, 4.69) is 0 Å². The first-order valence-corrected chi connectivity index (χ1v) is 7.65. The second-order valence-corrected chi connectivity index (χ2v) is 5.99. The number of nitrogens with zero attached hydrogens (tertiary/aromatic N) is 2. The Morgan fingerprint density at radius 3 is 2.43 bits per heavy atom. The molecule has 0 aromatic heterocycles. The lowest BCUT2D eigenvalue weighted by molar-refractivity contribution is -0.141. The number of likely N-dealkylation sites (tertiary alicyclic amines) is 1. The molecule has 0 aliphatic carbocycles. The molecule has 23 heavy (non-hydrogen) atoms. The van der Waals surface area contributed by atoms with E-state index in [1.165, 1.54) is 4.90 Å². The Bertz CT molecular complexity index is 660. The molecule has 2 aliphatic heterocycles. The highest BCUT2D eigenvalue weighted by atomic mass is 16.4. The first-order chi connectivity index (χ1) is 11.0. The van der Waals surface area contributed by atoms with E-state index in [9.17, 15) is 19.5 Å². The van der Waals surface area contributed by atoms with Gasteiger partial charge in [0.1, 0.15) is 12.1 Å². The largest absolute Gasteiger partial charge is 0.465 e. The van der Waals surface area contributed by atoms with Crippen LogP contribution in [0.15, 0.2) is 24.3 Å². The van der Waals surface area contributed by atoms with Crippen LogP contribution < -0.4 is 5.73 Å². The smallest absolute Gasteiger partial charge is 0.408 e. The molecule has 0 bridgehead atoms. The lowest BCUT2D eigenvalue weighted by Gasteiger charge is -2.37. The van der Waals surface area contributed by atoms with Gasteiger partial charge >= 0.3 is 6.09 Å². The van der Waals surface area contributed by atoms with Crippen LogP contribution in [-0.4, -0.2) is 51.4 Å². The summed E-state index contributed by atoms with van der Waals surface area (Å²) in [7, 11) is 0. The Kier molecular flexibility index (Phi) is 3.94. The molecular weight excluding hydrogens is 298 g/mol. The van der Waals surface area contributed by atoms with Crippen molar-refractivity contribution in [1.82, 2.24) is 9.80 Å². The average Bonchev–Trinajstić information content (AvgIpc) is 3.02. The molecule has 0 unspecified atom stereocenters. The van der Waals surface area contributed by atoms with Crippen LogP contribution in [0, 0.1) is 0 Å². The highest BCUT2D eigenvalue weighted by molar-refractivity contribution is 5.91. The number of hydrogen-bond donors (Lipinski definition) is 2. The van der Waals surface area contributed by atoms with E-state index in [0.717, 1.165) is 16.0 Å². The standard InChI is InChI=1S/C16H19N3O4/c17-14(20)12-6-3-7-18(12)15(21)13-8-10-4-1-2-5-11(10)9-19(13)16(22)23/h1-2,4-5,12-13H,3,6-9H2,(H2,17,20)(H,22,23)/t12-,13+/m0/s1. The molecule has 0 radical (unpaired) electrons. The molecule has 122 valence electrons. The van der Waals surface area contributed by atoms with Gasteiger partial charge in [0.2, 0.25) is 11.8 Å². The molecule has 3 rings (SSSR count). The van der Waals surface area contributed by atoms with Crippen LogP contribution in [0.2, 0.25) is 0 Å². The van der Waals surface area contributed by atoms with Gasteiger partial charge < -0.3 is 15.7 Å². The number of carbonyl (C=O) groups excluding carboxylic acids is 2. The van der Waals surface area contributed by atoms with E-state index < -0.39 is 24.1 Å². The maximum atomic E-state index is 12.9. The van der Waals surface area contributed by atoms with Crippen molar-refractivity contribution in [2.45, 2.75) is 37.9 Å². The van der Waals surface area contributed by atoms with Crippen molar-refractivity contribution < 1.29 is 19.5 Å². The molecule has 3 N–H and O–H groups in total. The molecule has 1 saturated heterocycles. The number of benzene rings is 1. The lowest BCUT2D eigenvalue weighted by atomic mass is 9.93. The number of rotatable bonds is 2. The Morgan fingerprint density at radius 1 is 1.09 bits per heavy atom. The molecule has 1 fully saturated rings. The second-order valence-electron chi connectivity index (χ2n) is 5.99. The van der Waals surface area contributed by atoms with Gasteiger partial charge in [-0.3, -0.25) is 14.5 Å². The summed E-state index contributed by atoms with van der Waals surface area (Å²) in [4.78, 5) is 38.5. The van der Waals surface area contributed by atoms with E-state index in [1.54, 1.807) is 0 Å². The van der Waals surface area contributed by atoms with E-state index in [4.69, 9.17) is 5.73 Å². The summed E-state index contributed by atoms with van der Waals surface area (Å²) in [5.41, 5.74) is 7.24. The predicted octanol–water partition coefficient (Wildman–Crippen LogP) is 0.568. The zero-order valence-electron chi connectivity index (χ0n) is 12.6. The van der Waals surface area contributed by atoms with Gasteiger partial charge in [-0.2, -0.15) is 0 Å². The molecule has 0 saturated carbocycles. The minimum Gasteiger partial charge on any atom is -0.465 e. The normalized spacial score (nSPS) is 23.5. The monoisotopic (exact) mass is 317 g/mol. The summed E-state index contributed by atoms with van der Waals surface area (Å²) >= 11 is 0. The van der Waals surface area contributed by atoms with Gasteiger partial charge in [0.25, 0.3) is 0 Å². The van der Waals surface area contributed by atoms with Crippen LogP contribution in [-0.2, 0) is 22.6 Å². The van der Waals surface area contributed by atoms with Crippen LogP contribution in [0.1, 0.15) is 24.0 Å². The van der Waals surface area contributed by atoms with Crippen molar-refractivity contribution in [3.05, 3.63) is 35.4 Å². The lowest BCUT2D eigenvalue weighted by Crippen LogP contribution is -2.56. The fourth-order valence-electron chi connectivity index (χ4n) is 3.46. The molecule has 2 aliphatic rings. The molecule has 0 spiro atoms. The van der Waals surface area contributed by atoms with E-state index in [1.807, 2.05) is 24.3 Å². The predicted molar refractivity (Wildman–Crippen MR) is 81.4 cm³/mol. The third-order valence-electron chi connectivity index (χ3n) is 4.64. The van der Waals surface area contributed by atoms with Gasteiger partial charge in [-0.25, -0.2) is 4.79 Å². The van der Waals surface area contributed by atoms with Crippen molar-refractivity contribution in [2.75, 3.05) is 6.54 Å². The van der Waals surface area contributed by atoms with Crippen molar-refractivity contribution in [3.8, 4) is 0 Å². The Balaban J connectivity index is 1.89. The van der Waals surface area contributed by atoms with Crippen LogP contribution in [0.3, 0.4) is 0 Å². The summed E-state index contributed by atoms with van der Waals surface area (Å²) in [6, 6.07) is 6.07. The van der Waals surface area contributed by atoms with Crippen molar-refractivity contribution in [2.24, 2.45) is 5.73 Å². The van der Waals surface area contributed by atoms with Crippen LogP contribution in [0.25, 0.3) is 0 Å². The minimum absolute atomic E-state index is 0.178. The van der Waals surface area contributed by atoms with Crippen molar-refractivity contribution in [3.63, 3.8) is 0 Å². The van der Waals surface area contributed by atoms with Gasteiger partial charge in [-0.15, -0.1) is 0 Å². The first kappa shape index (κ1) is 15.3. The molecule has 7 nitrogen and oxygen atoms in total. The maximum absolute atomic E-state index is 12.9. The quantitative estimate of drug-likeness (QED) is 0.832. The van der Waals surface area contributed by atoms with Gasteiger partial charge in [0, 0.05) is 13.0 Å². The third-order valence-corrected chi connectivity index (χ3v) is 4.64. The average molecular weight is 317 g/mol. The third kappa shape index (κ3) is 2.74. The van der Waals surface area contributed by atoms with Gasteiger partial charge in [-0.05, 0) is 24.0 Å². The van der Waals surface area contributed by atoms with Crippen LogP contribution in [0.4, 0.5) is 4.79 Å². The molecule has 2 atom stereocenters. The Labute approximate surface area is 133 Å². The number of carbonyl (C=O) groups is 3. The number of amides is 3. The van der Waals surface area contributed by atoms with Crippen molar-refractivity contribution >= 4 is 17.9 Å². The van der Waals surface area contributed by atoms with Crippen LogP contribution >= 0.6 is 0 Å². The summed E-state index contributed by atoms with van der Waals surface area (Å²) in [6.07, 6.45) is 0.434. The molecule has 2 heterocycles. The van der Waals surface area contributed by atoms with Crippen LogP contribution in [0.5, 0.6) is 0 Å². The highest BCUT2D eigenvalue weighted by Gasteiger charge is 2.41. The van der Waals surface area contributed by atoms with E-state index in [0.29, 0.717) is 25.8 Å². The van der Waals surface area contributed by atoms with Crippen molar-refractivity contribution in [1.29, 1.82) is 0 Å².